The smallest absolute Gasteiger partial charge is 0.0921 e. The van der Waals surface area contributed by atoms with Gasteiger partial charge in [-0.25, -0.2) is 4.98 Å². The highest BCUT2D eigenvalue weighted by atomic mass is 14.9. The second-order valence-electron chi connectivity index (χ2n) is 3.09. The number of imidazole rings is 1. The number of aromatic nitrogens is 2. The van der Waals surface area contributed by atoms with Crippen molar-refractivity contribution in [3.63, 3.8) is 0 Å². The third-order valence-corrected chi connectivity index (χ3v) is 2.09. The van der Waals surface area contributed by atoms with Gasteiger partial charge in [0.25, 0.3) is 0 Å². The molecule has 0 bridgehead atoms. The molecule has 0 radical (unpaired) electrons. The van der Waals surface area contributed by atoms with Crippen molar-refractivity contribution in [2.45, 2.75) is 6.42 Å². The van der Waals surface area contributed by atoms with Crippen molar-refractivity contribution in [3.8, 4) is 0 Å². The van der Waals surface area contributed by atoms with E-state index in [2.05, 4.69) is 9.97 Å². The highest BCUT2D eigenvalue weighted by Gasteiger charge is 2.12. The van der Waals surface area contributed by atoms with E-state index in [0.29, 0.717) is 12.1 Å². The Bertz CT molecular complexity index is 423. The Balaban J connectivity index is 2.19. The molecule has 1 aromatic rings. The lowest BCUT2D eigenvalue weighted by Gasteiger charge is -2.09. The first-order valence-corrected chi connectivity index (χ1v) is 4.29. The molecular formula is C10H10N4. The summed E-state index contributed by atoms with van der Waals surface area (Å²) in [6.45, 7) is 0. The fourth-order valence-electron chi connectivity index (χ4n) is 1.33. The van der Waals surface area contributed by atoms with Gasteiger partial charge in [0.2, 0.25) is 0 Å². The third kappa shape index (κ3) is 1.54. The van der Waals surface area contributed by atoms with Crippen molar-refractivity contribution in [2.24, 2.45) is 0 Å². The number of nitrogens with one attached hydrogen (secondary N) is 3. The number of aromatic amines is 1. The monoisotopic (exact) mass is 186 g/mol. The average Bonchev–Trinajstić information content (AvgIpc) is 2.66. The first kappa shape index (κ1) is 8.62. The average molecular weight is 186 g/mol. The van der Waals surface area contributed by atoms with Crippen LogP contribution >= 0.6 is 0 Å². The predicted molar refractivity (Wildman–Crippen MR) is 55.0 cm³/mol. The van der Waals surface area contributed by atoms with Gasteiger partial charge >= 0.3 is 0 Å². The fraction of sp³-hybridized carbons (Fsp3) is 0.100. The molecule has 4 nitrogen and oxygen atoms in total. The molecule has 0 aromatic carbocycles. The minimum Gasteiger partial charge on any atom is -0.348 e. The molecule has 1 aliphatic carbocycles. The molecule has 1 aliphatic rings. The van der Waals surface area contributed by atoms with Crippen LogP contribution in [0.4, 0.5) is 0 Å². The number of hydrogen-bond acceptors (Lipinski definition) is 3. The first-order valence-electron chi connectivity index (χ1n) is 4.29. The zero-order valence-corrected chi connectivity index (χ0v) is 7.54. The van der Waals surface area contributed by atoms with Crippen LogP contribution < -0.4 is 0 Å². The Hall–Kier alpha value is -1.97. The van der Waals surface area contributed by atoms with Crippen molar-refractivity contribution >= 4 is 11.4 Å². The molecule has 0 saturated carbocycles. The summed E-state index contributed by atoms with van der Waals surface area (Å²) in [4.78, 5) is 6.88. The van der Waals surface area contributed by atoms with E-state index in [1.54, 1.807) is 24.7 Å². The quantitative estimate of drug-likeness (QED) is 0.601. The molecule has 1 aromatic heterocycles. The molecule has 2 rings (SSSR count). The van der Waals surface area contributed by atoms with E-state index in [1.165, 1.54) is 0 Å². The maximum atomic E-state index is 7.68. The number of H-pyrrole nitrogens is 1. The van der Waals surface area contributed by atoms with Gasteiger partial charge in [0, 0.05) is 18.3 Å². The summed E-state index contributed by atoms with van der Waals surface area (Å²) >= 11 is 0. The summed E-state index contributed by atoms with van der Waals surface area (Å²) < 4.78 is 0. The fourth-order valence-corrected chi connectivity index (χ4v) is 1.33. The van der Waals surface area contributed by atoms with Gasteiger partial charge in [-0.15, -0.1) is 0 Å². The minimum atomic E-state index is 0.266. The number of allylic oxidation sites excluding steroid dienone is 4. The lowest BCUT2D eigenvalue weighted by atomic mass is 9.97. The van der Waals surface area contributed by atoms with Gasteiger partial charge in [-0.2, -0.15) is 0 Å². The Kier molecular flexibility index (Phi) is 2.10. The summed E-state index contributed by atoms with van der Waals surface area (Å²) in [5, 5.41) is 15.2. The SMILES string of the molecule is N=C1C=CC=C(Cc2cnc[nH]2)C1=N. The zero-order chi connectivity index (χ0) is 9.97. The largest absolute Gasteiger partial charge is 0.348 e. The molecule has 0 atom stereocenters. The van der Waals surface area contributed by atoms with Crippen molar-refractivity contribution < 1.29 is 0 Å². The summed E-state index contributed by atoms with van der Waals surface area (Å²) in [6.07, 6.45) is 9.26. The molecule has 0 unspecified atom stereocenters. The predicted octanol–water partition coefficient (Wildman–Crippen LogP) is 1.49. The summed E-state index contributed by atoms with van der Waals surface area (Å²) in [5.74, 6) is 0. The molecule has 4 heteroatoms. The molecule has 0 fully saturated rings. The van der Waals surface area contributed by atoms with Gasteiger partial charge in [-0.05, 0) is 11.6 Å². The van der Waals surface area contributed by atoms with E-state index in [9.17, 15) is 0 Å². The highest BCUT2D eigenvalue weighted by Crippen LogP contribution is 2.11. The molecule has 0 amide bonds. The number of hydrogen-bond donors (Lipinski definition) is 3. The summed E-state index contributed by atoms with van der Waals surface area (Å²) in [5.41, 5.74) is 2.37. The molecule has 1 heterocycles. The van der Waals surface area contributed by atoms with Gasteiger partial charge in [0.1, 0.15) is 0 Å². The Morgan fingerprint density at radius 1 is 1.36 bits per heavy atom. The molecule has 0 aliphatic heterocycles. The van der Waals surface area contributed by atoms with E-state index >= 15 is 0 Å². The Labute approximate surface area is 81.4 Å². The van der Waals surface area contributed by atoms with Crippen LogP contribution in [0.1, 0.15) is 5.69 Å². The normalized spacial score (nSPS) is 15.9. The number of rotatable bonds is 2. The second kappa shape index (κ2) is 3.41. The molecule has 0 saturated heterocycles. The maximum Gasteiger partial charge on any atom is 0.0921 e. The summed E-state index contributed by atoms with van der Waals surface area (Å²) in [6, 6.07) is 0. The van der Waals surface area contributed by atoms with Gasteiger partial charge in [-0.1, -0.05) is 12.2 Å². The van der Waals surface area contributed by atoms with E-state index in [4.69, 9.17) is 10.8 Å². The minimum absolute atomic E-state index is 0.266. The molecule has 70 valence electrons. The van der Waals surface area contributed by atoms with Crippen LogP contribution in [-0.2, 0) is 6.42 Å². The van der Waals surface area contributed by atoms with E-state index < -0.39 is 0 Å². The first-order chi connectivity index (χ1) is 6.77. The lowest BCUT2D eigenvalue weighted by Crippen LogP contribution is -2.16. The van der Waals surface area contributed by atoms with Crippen molar-refractivity contribution in [1.82, 2.24) is 9.97 Å². The van der Waals surface area contributed by atoms with Gasteiger partial charge < -0.3 is 4.98 Å². The Morgan fingerprint density at radius 2 is 2.21 bits per heavy atom. The van der Waals surface area contributed by atoms with Crippen LogP contribution in [0, 0.1) is 10.8 Å². The van der Waals surface area contributed by atoms with Crippen LogP contribution in [0.3, 0.4) is 0 Å². The molecular weight excluding hydrogens is 176 g/mol. The van der Waals surface area contributed by atoms with Crippen molar-refractivity contribution in [2.75, 3.05) is 0 Å². The van der Waals surface area contributed by atoms with E-state index in [-0.39, 0.29) is 5.71 Å². The van der Waals surface area contributed by atoms with Crippen LogP contribution in [0.25, 0.3) is 0 Å². The van der Waals surface area contributed by atoms with E-state index in [0.717, 1.165) is 11.3 Å². The van der Waals surface area contributed by atoms with Gasteiger partial charge in [0.05, 0.1) is 17.8 Å². The third-order valence-electron chi connectivity index (χ3n) is 2.09. The second-order valence-corrected chi connectivity index (χ2v) is 3.09. The van der Waals surface area contributed by atoms with Crippen LogP contribution in [-0.4, -0.2) is 21.4 Å². The standard InChI is InChI=1S/C10H10N4/c11-9-3-1-2-7(10(9)12)4-8-5-13-6-14-8/h1-3,5-6,11-12H,4H2,(H,13,14). The zero-order valence-electron chi connectivity index (χ0n) is 7.54. The molecule has 14 heavy (non-hydrogen) atoms. The highest BCUT2D eigenvalue weighted by molar-refractivity contribution is 6.50. The van der Waals surface area contributed by atoms with Crippen molar-refractivity contribution in [1.29, 1.82) is 10.8 Å². The molecule has 0 spiro atoms. The van der Waals surface area contributed by atoms with Crippen LogP contribution in [0.15, 0.2) is 36.3 Å². The topological polar surface area (TPSA) is 76.4 Å². The maximum absolute atomic E-state index is 7.68. The number of nitrogens with zero attached hydrogens (tertiary/aromatic N) is 1. The van der Waals surface area contributed by atoms with Crippen LogP contribution in [0.5, 0.6) is 0 Å². The van der Waals surface area contributed by atoms with Crippen LogP contribution in [0.2, 0.25) is 0 Å². The van der Waals surface area contributed by atoms with Crippen molar-refractivity contribution in [3.05, 3.63) is 42.0 Å². The lowest BCUT2D eigenvalue weighted by molar-refractivity contribution is 1.12. The van der Waals surface area contributed by atoms with Gasteiger partial charge in [0.15, 0.2) is 0 Å². The Morgan fingerprint density at radius 3 is 2.93 bits per heavy atom. The molecule has 3 N–H and O–H groups in total. The summed E-state index contributed by atoms with van der Waals surface area (Å²) in [7, 11) is 0. The van der Waals surface area contributed by atoms with Gasteiger partial charge in [-0.3, -0.25) is 10.8 Å². The van der Waals surface area contributed by atoms with E-state index in [1.807, 2.05) is 6.08 Å².